The maximum atomic E-state index is 11.8. The van der Waals surface area contributed by atoms with Crippen LogP contribution in [-0.4, -0.2) is 38.8 Å². The zero-order valence-corrected chi connectivity index (χ0v) is 13.0. The summed E-state index contributed by atoms with van der Waals surface area (Å²) < 4.78 is 28.1. The number of esters is 1. The lowest BCUT2D eigenvalue weighted by Gasteiger charge is -2.02. The summed E-state index contributed by atoms with van der Waals surface area (Å²) in [4.78, 5) is 22.6. The molecule has 1 rings (SSSR count). The van der Waals surface area contributed by atoms with E-state index in [4.69, 9.17) is 23.2 Å². The Morgan fingerprint density at radius 1 is 1.37 bits per heavy atom. The Hall–Kier alpha value is -0.630. The summed E-state index contributed by atoms with van der Waals surface area (Å²) in [5, 5.41) is 0. The molecule has 0 bridgehead atoms. The molecule has 9 heteroatoms. The van der Waals surface area contributed by atoms with Crippen molar-refractivity contribution in [3.8, 4) is 0 Å². The Kier molecular flexibility index (Phi) is 5.79. The minimum atomic E-state index is -3.69. The minimum Gasteiger partial charge on any atom is -0.469 e. The van der Waals surface area contributed by atoms with Gasteiger partial charge in [-0.3, -0.25) is 9.59 Å². The number of ether oxygens (including phenoxy) is 1. The molecule has 0 fully saturated rings. The van der Waals surface area contributed by atoms with Crippen molar-refractivity contribution in [1.29, 1.82) is 0 Å². The van der Waals surface area contributed by atoms with Gasteiger partial charge in [0.1, 0.15) is 10.1 Å². The fraction of sp³-hybridized carbons (Fsp3) is 0.400. The van der Waals surface area contributed by atoms with Crippen LogP contribution in [0.1, 0.15) is 16.8 Å². The van der Waals surface area contributed by atoms with Crippen molar-refractivity contribution in [2.75, 3.05) is 18.6 Å². The molecule has 5 nitrogen and oxygen atoms in total. The molecule has 1 aromatic rings. The average molecular weight is 345 g/mol. The van der Waals surface area contributed by atoms with Gasteiger partial charge in [-0.15, -0.1) is 11.3 Å². The molecule has 0 aromatic carbocycles. The number of thiophene rings is 1. The number of carbonyl (C=O) groups is 2. The van der Waals surface area contributed by atoms with E-state index in [9.17, 15) is 18.0 Å². The maximum absolute atomic E-state index is 11.8. The molecule has 1 aromatic heterocycles. The van der Waals surface area contributed by atoms with Crippen LogP contribution in [0.5, 0.6) is 0 Å². The van der Waals surface area contributed by atoms with E-state index in [-0.39, 0.29) is 16.3 Å². The smallest absolute Gasteiger partial charge is 0.306 e. The third-order valence-electron chi connectivity index (χ3n) is 2.15. The molecule has 0 aliphatic rings. The zero-order chi connectivity index (χ0) is 14.6. The summed E-state index contributed by atoms with van der Waals surface area (Å²) in [7, 11) is -2.53. The second kappa shape index (κ2) is 6.69. The van der Waals surface area contributed by atoms with Crippen molar-refractivity contribution < 1.29 is 22.7 Å². The van der Waals surface area contributed by atoms with Crippen molar-refractivity contribution in [3.63, 3.8) is 0 Å². The number of hydrogen-bond donors (Lipinski definition) is 0. The van der Waals surface area contributed by atoms with Crippen molar-refractivity contribution >= 4 is 56.1 Å². The van der Waals surface area contributed by atoms with Gasteiger partial charge in [-0.2, -0.15) is 0 Å². The molecule has 0 radical (unpaired) electrons. The van der Waals surface area contributed by atoms with Crippen molar-refractivity contribution in [1.82, 2.24) is 0 Å². The molecular formula is C10H10Cl2O5S2. The second-order valence-electron chi connectivity index (χ2n) is 3.58. The molecule has 0 N–H and O–H groups in total. The number of carbonyl (C=O) groups excluding carboxylic acids is 2. The number of halogens is 2. The summed E-state index contributed by atoms with van der Waals surface area (Å²) in [5.74, 6) is -2.44. The summed E-state index contributed by atoms with van der Waals surface area (Å²) in [6, 6.07) is 1.33. The molecule has 0 atom stereocenters. The fourth-order valence-electron chi connectivity index (χ4n) is 1.22. The van der Waals surface area contributed by atoms with Crippen LogP contribution in [0.25, 0.3) is 0 Å². The Morgan fingerprint density at radius 2 is 2.00 bits per heavy atom. The van der Waals surface area contributed by atoms with E-state index < -0.39 is 33.1 Å². The molecule has 0 spiro atoms. The first-order valence-corrected chi connectivity index (χ1v) is 8.40. The van der Waals surface area contributed by atoms with Gasteiger partial charge in [-0.05, 0) is 6.07 Å². The normalized spacial score (nSPS) is 11.3. The Morgan fingerprint density at radius 3 is 2.47 bits per heavy atom. The van der Waals surface area contributed by atoms with Gasteiger partial charge in [-0.1, -0.05) is 23.2 Å². The predicted molar refractivity (Wildman–Crippen MR) is 74.0 cm³/mol. The van der Waals surface area contributed by atoms with Crippen LogP contribution in [0.4, 0.5) is 0 Å². The first-order chi connectivity index (χ1) is 8.75. The van der Waals surface area contributed by atoms with Gasteiger partial charge < -0.3 is 4.74 Å². The van der Waals surface area contributed by atoms with E-state index >= 15 is 0 Å². The van der Waals surface area contributed by atoms with E-state index in [1.807, 2.05) is 0 Å². The van der Waals surface area contributed by atoms with Crippen molar-refractivity contribution in [2.45, 2.75) is 6.42 Å². The van der Waals surface area contributed by atoms with Gasteiger partial charge in [0.05, 0.1) is 23.6 Å². The van der Waals surface area contributed by atoms with E-state index in [1.165, 1.54) is 6.07 Å². The number of rotatable bonds is 6. The van der Waals surface area contributed by atoms with Crippen molar-refractivity contribution in [2.24, 2.45) is 0 Å². The van der Waals surface area contributed by atoms with E-state index in [2.05, 4.69) is 4.74 Å². The van der Waals surface area contributed by atoms with Gasteiger partial charge in [-0.25, -0.2) is 8.42 Å². The van der Waals surface area contributed by atoms with Crippen LogP contribution in [0.2, 0.25) is 8.67 Å². The highest BCUT2D eigenvalue weighted by Crippen LogP contribution is 2.31. The number of hydrogen-bond acceptors (Lipinski definition) is 6. The predicted octanol–water partition coefficient (Wildman–Crippen LogP) is 2.22. The summed E-state index contributed by atoms with van der Waals surface area (Å²) in [5.41, 5.74) is 0.0818. The summed E-state index contributed by atoms with van der Waals surface area (Å²) >= 11 is 12.4. The molecule has 106 valence electrons. The zero-order valence-electron chi connectivity index (χ0n) is 9.81. The SMILES string of the molecule is COC(=O)CCS(=O)(=O)CC(=O)c1cc(Cl)sc1Cl. The first kappa shape index (κ1) is 16.4. The lowest BCUT2D eigenvalue weighted by molar-refractivity contribution is -0.140. The van der Waals surface area contributed by atoms with E-state index in [0.29, 0.717) is 4.34 Å². The molecule has 0 saturated carbocycles. The lowest BCUT2D eigenvalue weighted by Crippen LogP contribution is -2.21. The topological polar surface area (TPSA) is 77.5 Å². The monoisotopic (exact) mass is 344 g/mol. The third kappa shape index (κ3) is 5.10. The highest BCUT2D eigenvalue weighted by atomic mass is 35.5. The highest BCUT2D eigenvalue weighted by Gasteiger charge is 2.22. The molecular weight excluding hydrogens is 335 g/mol. The summed E-state index contributed by atoms with van der Waals surface area (Å²) in [6.45, 7) is 0. The first-order valence-electron chi connectivity index (χ1n) is 5.00. The molecule has 0 amide bonds. The number of methoxy groups -OCH3 is 1. The maximum Gasteiger partial charge on any atom is 0.306 e. The minimum absolute atomic E-state index is 0.0818. The van der Waals surface area contributed by atoms with Gasteiger partial charge in [0.25, 0.3) is 0 Å². The van der Waals surface area contributed by atoms with Gasteiger partial charge >= 0.3 is 5.97 Å². The van der Waals surface area contributed by atoms with Crippen LogP contribution in [-0.2, 0) is 19.4 Å². The quantitative estimate of drug-likeness (QED) is 0.584. The van der Waals surface area contributed by atoms with Gasteiger partial charge in [0.15, 0.2) is 15.6 Å². The van der Waals surface area contributed by atoms with Crippen LogP contribution < -0.4 is 0 Å². The van der Waals surface area contributed by atoms with Crippen LogP contribution in [0.3, 0.4) is 0 Å². The van der Waals surface area contributed by atoms with Crippen molar-refractivity contribution in [3.05, 3.63) is 20.3 Å². The van der Waals surface area contributed by atoms with Gasteiger partial charge in [0.2, 0.25) is 0 Å². The number of ketones is 1. The second-order valence-corrected chi connectivity index (χ2v) is 8.05. The van der Waals surface area contributed by atoms with E-state index in [0.717, 1.165) is 18.4 Å². The Bertz CT molecular complexity index is 591. The molecule has 0 aliphatic heterocycles. The Labute approximate surface area is 124 Å². The molecule has 1 heterocycles. The van der Waals surface area contributed by atoms with Crippen LogP contribution >= 0.6 is 34.5 Å². The molecule has 0 aliphatic carbocycles. The average Bonchev–Trinajstić information content (AvgIpc) is 2.65. The standard InChI is InChI=1S/C10H10Cl2O5S2/c1-17-9(14)2-3-19(15,16)5-7(13)6-4-8(11)18-10(6)12/h4H,2-3,5H2,1H3. The molecule has 19 heavy (non-hydrogen) atoms. The third-order valence-corrected chi connectivity index (χ3v) is 5.17. The molecule has 0 saturated heterocycles. The van der Waals surface area contributed by atoms with Crippen LogP contribution in [0.15, 0.2) is 6.07 Å². The lowest BCUT2D eigenvalue weighted by atomic mass is 10.2. The number of Topliss-reactive ketones (excluding diaryl/α,β-unsaturated/α-hetero) is 1. The Balaban J connectivity index is 2.71. The van der Waals surface area contributed by atoms with Crippen LogP contribution in [0, 0.1) is 0 Å². The fourth-order valence-corrected chi connectivity index (χ4v) is 3.90. The number of sulfone groups is 1. The highest BCUT2D eigenvalue weighted by molar-refractivity contribution is 7.92. The van der Waals surface area contributed by atoms with Gasteiger partial charge in [0, 0.05) is 5.56 Å². The summed E-state index contributed by atoms with van der Waals surface area (Å²) in [6.07, 6.45) is -0.287. The largest absolute Gasteiger partial charge is 0.469 e. The van der Waals surface area contributed by atoms with E-state index in [1.54, 1.807) is 0 Å². The molecule has 0 unspecified atom stereocenters.